The van der Waals surface area contributed by atoms with Crippen LogP contribution in [0.15, 0.2) is 9.98 Å². The van der Waals surface area contributed by atoms with Gasteiger partial charge in [0.2, 0.25) is 0 Å². The molecule has 13 heteroatoms. The Bertz CT molecular complexity index is 640. The zero-order valence-electron chi connectivity index (χ0n) is 13.4. The van der Waals surface area contributed by atoms with Gasteiger partial charge in [-0.15, -0.1) is 0 Å². The van der Waals surface area contributed by atoms with Crippen molar-refractivity contribution >= 4 is 24.2 Å². The van der Waals surface area contributed by atoms with Gasteiger partial charge in [-0.3, -0.25) is 4.79 Å². The summed E-state index contributed by atoms with van der Waals surface area (Å²) in [7, 11) is 0. The van der Waals surface area contributed by atoms with E-state index in [1.165, 1.54) is 0 Å². The van der Waals surface area contributed by atoms with E-state index in [-0.39, 0.29) is 5.96 Å². The molecule has 0 aromatic carbocycles. The maximum Gasteiger partial charge on any atom is 0.404 e. The first-order valence-electron chi connectivity index (χ1n) is 7.85. The number of carbonyl (C=O) groups excluding carboxylic acids is 2. The van der Waals surface area contributed by atoms with Crippen LogP contribution in [0, 0.1) is 0 Å². The fourth-order valence-electron chi connectivity index (χ4n) is 3.04. The third-order valence-corrected chi connectivity index (χ3v) is 4.37. The van der Waals surface area contributed by atoms with Crippen molar-refractivity contribution < 1.29 is 34.4 Å². The van der Waals surface area contributed by atoms with Gasteiger partial charge < -0.3 is 46.9 Å². The molecule has 1 saturated heterocycles. The maximum absolute atomic E-state index is 11.7. The van der Waals surface area contributed by atoms with Gasteiger partial charge in [-0.1, -0.05) is 0 Å². The minimum absolute atomic E-state index is 0.108. The number of aliphatic hydroxyl groups is 3. The van der Waals surface area contributed by atoms with Crippen molar-refractivity contribution in [2.45, 2.75) is 48.8 Å². The molecule has 26 heavy (non-hydrogen) atoms. The molecule has 8 atom stereocenters. The van der Waals surface area contributed by atoms with Gasteiger partial charge in [0.15, 0.2) is 18.1 Å². The molecule has 13 nitrogen and oxygen atoms in total. The number of aliphatic hydroxyl groups excluding tert-OH is 3. The second-order valence-electron chi connectivity index (χ2n) is 6.09. The SMILES string of the molecule is NC(=O)O[C@@H]1[C@@H](O)[C@@H](N)[C@H](NC2=N[C@@H]3C(=O)N=C[C@@H](O)[C@H]3N2)O[C@@H]1CO. The number of rotatable bonds is 3. The van der Waals surface area contributed by atoms with E-state index in [2.05, 4.69) is 20.6 Å². The Labute approximate surface area is 147 Å². The van der Waals surface area contributed by atoms with Gasteiger partial charge in [0.1, 0.15) is 24.5 Å². The van der Waals surface area contributed by atoms with Crippen molar-refractivity contribution in [1.82, 2.24) is 10.6 Å². The lowest BCUT2D eigenvalue weighted by atomic mass is 9.96. The maximum atomic E-state index is 11.7. The number of fused-ring (bicyclic) bond motifs is 1. The molecule has 0 bridgehead atoms. The van der Waals surface area contributed by atoms with Crippen LogP contribution in [-0.2, 0) is 14.3 Å². The number of primary amides is 1. The van der Waals surface area contributed by atoms with E-state index in [4.69, 9.17) is 20.9 Å². The Morgan fingerprint density at radius 1 is 1.46 bits per heavy atom. The van der Waals surface area contributed by atoms with Crippen molar-refractivity contribution in [2.24, 2.45) is 21.5 Å². The Kier molecular flexibility index (Phi) is 5.06. The number of hydrogen-bond acceptors (Lipinski definition) is 11. The zero-order chi connectivity index (χ0) is 19.0. The second kappa shape index (κ2) is 7.13. The number of ether oxygens (including phenoxy) is 2. The normalized spacial score (nSPS) is 41.8. The van der Waals surface area contributed by atoms with E-state index >= 15 is 0 Å². The Morgan fingerprint density at radius 2 is 2.19 bits per heavy atom. The molecule has 0 spiro atoms. The molecule has 0 unspecified atom stereocenters. The van der Waals surface area contributed by atoms with Gasteiger partial charge in [0.25, 0.3) is 5.91 Å². The molecule has 0 saturated carbocycles. The van der Waals surface area contributed by atoms with Crippen LogP contribution in [0.1, 0.15) is 0 Å². The summed E-state index contributed by atoms with van der Waals surface area (Å²) in [4.78, 5) is 30.3. The number of nitrogens with one attached hydrogen (secondary N) is 2. The summed E-state index contributed by atoms with van der Waals surface area (Å²) in [5.41, 5.74) is 10.9. The van der Waals surface area contributed by atoms with Crippen LogP contribution in [0.4, 0.5) is 4.79 Å². The highest BCUT2D eigenvalue weighted by Crippen LogP contribution is 2.22. The van der Waals surface area contributed by atoms with Crippen LogP contribution >= 0.6 is 0 Å². The number of hydrogen-bond donors (Lipinski definition) is 7. The lowest BCUT2D eigenvalue weighted by Gasteiger charge is -2.42. The van der Waals surface area contributed by atoms with Crippen molar-refractivity contribution in [3.63, 3.8) is 0 Å². The predicted octanol–water partition coefficient (Wildman–Crippen LogP) is -4.89. The van der Waals surface area contributed by atoms with Crippen LogP contribution in [0.3, 0.4) is 0 Å². The fourth-order valence-corrected chi connectivity index (χ4v) is 3.04. The van der Waals surface area contributed by atoms with Crippen LogP contribution in [-0.4, -0.2) is 94.9 Å². The van der Waals surface area contributed by atoms with E-state index in [1.54, 1.807) is 0 Å². The standard InChI is InChI=1S/C13H20N6O7/c14-5-8(22)9(26-12(15)24)4(2-20)25-11(5)19-13-17-6-3(21)1-16-10(23)7(6)18-13/h1,3-9,11,20-22H,2,14H2,(H2,15,24)(H2,17,18,19)/t3-,4-,5-,6-,7+,8+,9+,11-/m1/s1. The highest BCUT2D eigenvalue weighted by atomic mass is 16.6. The number of nitrogens with zero attached hydrogens (tertiary/aromatic N) is 2. The molecule has 0 aromatic rings. The summed E-state index contributed by atoms with van der Waals surface area (Å²) < 4.78 is 10.3. The smallest absolute Gasteiger partial charge is 0.404 e. The number of carbonyl (C=O) groups is 2. The van der Waals surface area contributed by atoms with Crippen LogP contribution in [0.2, 0.25) is 0 Å². The first-order chi connectivity index (χ1) is 12.3. The van der Waals surface area contributed by atoms with Gasteiger partial charge in [-0.2, -0.15) is 0 Å². The van der Waals surface area contributed by atoms with E-state index in [9.17, 15) is 24.9 Å². The molecule has 3 heterocycles. The lowest BCUT2D eigenvalue weighted by Crippen LogP contribution is -2.68. The van der Waals surface area contributed by atoms with Crippen molar-refractivity contribution in [1.29, 1.82) is 0 Å². The molecule has 144 valence electrons. The molecule has 3 rings (SSSR count). The van der Waals surface area contributed by atoms with E-state index in [0.717, 1.165) is 6.21 Å². The largest absolute Gasteiger partial charge is 0.441 e. The molecule has 0 aliphatic carbocycles. The molecule has 3 aliphatic rings. The average Bonchev–Trinajstić information content (AvgIpc) is 3.02. The van der Waals surface area contributed by atoms with Crippen molar-refractivity contribution in [2.75, 3.05) is 6.61 Å². The van der Waals surface area contributed by atoms with E-state index in [0.29, 0.717) is 0 Å². The third kappa shape index (κ3) is 3.34. The molecule has 9 N–H and O–H groups in total. The van der Waals surface area contributed by atoms with E-state index in [1.807, 2.05) is 0 Å². The van der Waals surface area contributed by atoms with E-state index < -0.39 is 67.4 Å². The van der Waals surface area contributed by atoms with Crippen LogP contribution < -0.4 is 22.1 Å². The highest BCUT2D eigenvalue weighted by Gasteiger charge is 2.47. The second-order valence-corrected chi connectivity index (χ2v) is 6.09. The summed E-state index contributed by atoms with van der Waals surface area (Å²) in [6.07, 6.45) is -5.79. The topological polar surface area (TPSA) is 214 Å². The highest BCUT2D eigenvalue weighted by molar-refractivity contribution is 5.99. The third-order valence-electron chi connectivity index (χ3n) is 4.37. The van der Waals surface area contributed by atoms with Crippen LogP contribution in [0.5, 0.6) is 0 Å². The average molecular weight is 372 g/mol. The van der Waals surface area contributed by atoms with Gasteiger partial charge in [-0.05, 0) is 0 Å². The van der Waals surface area contributed by atoms with Gasteiger partial charge in [0.05, 0.1) is 18.7 Å². The number of guanidine groups is 1. The summed E-state index contributed by atoms with van der Waals surface area (Å²) in [5, 5.41) is 35.1. The van der Waals surface area contributed by atoms with Crippen molar-refractivity contribution in [3.05, 3.63) is 0 Å². The Balaban J connectivity index is 1.70. The molecule has 0 aromatic heterocycles. The number of amides is 2. The van der Waals surface area contributed by atoms with Crippen molar-refractivity contribution in [3.8, 4) is 0 Å². The van der Waals surface area contributed by atoms with Gasteiger partial charge >= 0.3 is 6.09 Å². The molecule has 2 amide bonds. The Hall–Kier alpha value is -2.32. The molecular weight excluding hydrogens is 352 g/mol. The molecule has 0 radical (unpaired) electrons. The minimum atomic E-state index is -1.38. The number of aliphatic imine (C=N–C) groups is 2. The summed E-state index contributed by atoms with van der Waals surface area (Å²) in [6.45, 7) is -0.573. The lowest BCUT2D eigenvalue weighted by molar-refractivity contribution is -0.191. The summed E-state index contributed by atoms with van der Waals surface area (Å²) >= 11 is 0. The van der Waals surface area contributed by atoms with Gasteiger partial charge in [0, 0.05) is 6.21 Å². The minimum Gasteiger partial charge on any atom is -0.441 e. The Morgan fingerprint density at radius 3 is 2.81 bits per heavy atom. The molecular formula is C13H20N6O7. The van der Waals surface area contributed by atoms with Crippen LogP contribution in [0.25, 0.3) is 0 Å². The zero-order valence-corrected chi connectivity index (χ0v) is 13.4. The first-order valence-corrected chi connectivity index (χ1v) is 7.85. The first kappa shape index (κ1) is 18.5. The predicted molar refractivity (Wildman–Crippen MR) is 85.0 cm³/mol. The fraction of sp³-hybridized carbons (Fsp3) is 0.692. The van der Waals surface area contributed by atoms with Gasteiger partial charge in [-0.25, -0.2) is 14.8 Å². The number of nitrogens with two attached hydrogens (primary N) is 2. The molecule has 1 fully saturated rings. The summed E-state index contributed by atoms with van der Waals surface area (Å²) in [5.74, 6) is -0.404. The monoisotopic (exact) mass is 372 g/mol. The quantitative estimate of drug-likeness (QED) is 0.251. The summed E-state index contributed by atoms with van der Waals surface area (Å²) in [6, 6.07) is -2.67. The molecule has 3 aliphatic heterocycles.